The molecular weight excluding hydrogens is 203 g/mol. The quantitative estimate of drug-likeness (QED) is 0.768. The van der Waals surface area contributed by atoms with Crippen molar-refractivity contribution in [1.82, 2.24) is 0 Å². The molecule has 0 amide bonds. The molecule has 1 rings (SSSR count). The molecule has 80 valence electrons. The molecular formula is C10H9FO4. The molecule has 0 aromatic heterocycles. The van der Waals surface area contributed by atoms with Crippen LogP contribution < -0.4 is 4.74 Å². The van der Waals surface area contributed by atoms with Crippen molar-refractivity contribution in [2.24, 2.45) is 0 Å². The summed E-state index contributed by atoms with van der Waals surface area (Å²) in [6, 6.07) is 3.33. The highest BCUT2D eigenvalue weighted by atomic mass is 19.1. The SMILES string of the molecule is C[C@H](Oc1cc(F)cc(C=O)c1)C(=O)O. The Balaban J connectivity index is 2.90. The van der Waals surface area contributed by atoms with E-state index in [0.29, 0.717) is 6.29 Å². The third kappa shape index (κ3) is 3.05. The fraction of sp³-hybridized carbons (Fsp3) is 0.200. The monoisotopic (exact) mass is 212 g/mol. The molecule has 0 aliphatic rings. The Bertz CT molecular complexity index is 389. The van der Waals surface area contributed by atoms with Crippen LogP contribution in [-0.4, -0.2) is 23.5 Å². The van der Waals surface area contributed by atoms with E-state index in [9.17, 15) is 14.0 Å². The second kappa shape index (κ2) is 4.54. The lowest BCUT2D eigenvalue weighted by molar-refractivity contribution is -0.144. The van der Waals surface area contributed by atoms with Crippen molar-refractivity contribution in [3.05, 3.63) is 29.6 Å². The number of aldehydes is 1. The Kier molecular flexibility index (Phi) is 3.38. The van der Waals surface area contributed by atoms with Gasteiger partial charge in [0.15, 0.2) is 6.10 Å². The zero-order chi connectivity index (χ0) is 11.4. The first-order valence-corrected chi connectivity index (χ1v) is 4.18. The number of carboxylic acid groups (broad SMARTS) is 1. The molecule has 0 aliphatic carbocycles. The van der Waals surface area contributed by atoms with Crippen LogP contribution in [-0.2, 0) is 4.79 Å². The molecule has 4 nitrogen and oxygen atoms in total. The maximum Gasteiger partial charge on any atom is 0.344 e. The first kappa shape index (κ1) is 11.2. The summed E-state index contributed by atoms with van der Waals surface area (Å²) in [4.78, 5) is 20.8. The molecule has 5 heteroatoms. The summed E-state index contributed by atoms with van der Waals surface area (Å²) < 4.78 is 17.8. The molecule has 15 heavy (non-hydrogen) atoms. The number of ether oxygens (including phenoxy) is 1. The van der Waals surface area contributed by atoms with E-state index < -0.39 is 17.9 Å². The topological polar surface area (TPSA) is 63.6 Å². The molecule has 0 saturated heterocycles. The molecule has 0 aliphatic heterocycles. The lowest BCUT2D eigenvalue weighted by Gasteiger charge is -2.10. The van der Waals surface area contributed by atoms with Crippen LogP contribution in [0.1, 0.15) is 17.3 Å². The van der Waals surface area contributed by atoms with E-state index in [1.54, 1.807) is 0 Å². The summed E-state index contributed by atoms with van der Waals surface area (Å²) >= 11 is 0. The number of carbonyl (C=O) groups excluding carboxylic acids is 1. The number of hydrogen-bond acceptors (Lipinski definition) is 3. The smallest absolute Gasteiger partial charge is 0.344 e. The maximum atomic E-state index is 12.9. The van der Waals surface area contributed by atoms with E-state index in [4.69, 9.17) is 9.84 Å². The number of aliphatic carboxylic acids is 1. The number of carboxylic acids is 1. The molecule has 0 spiro atoms. The number of halogens is 1. The van der Waals surface area contributed by atoms with E-state index in [1.165, 1.54) is 13.0 Å². The van der Waals surface area contributed by atoms with Gasteiger partial charge in [-0.3, -0.25) is 4.79 Å². The van der Waals surface area contributed by atoms with Crippen LogP contribution in [0.5, 0.6) is 5.75 Å². The molecule has 1 aromatic carbocycles. The van der Waals surface area contributed by atoms with Crippen molar-refractivity contribution in [2.75, 3.05) is 0 Å². The van der Waals surface area contributed by atoms with Gasteiger partial charge < -0.3 is 9.84 Å². The highest BCUT2D eigenvalue weighted by Gasteiger charge is 2.13. The van der Waals surface area contributed by atoms with Gasteiger partial charge in [-0.2, -0.15) is 0 Å². The number of hydrogen-bond donors (Lipinski definition) is 1. The van der Waals surface area contributed by atoms with Crippen molar-refractivity contribution in [3.8, 4) is 5.75 Å². The first-order valence-electron chi connectivity index (χ1n) is 4.18. The average molecular weight is 212 g/mol. The van der Waals surface area contributed by atoms with Gasteiger partial charge in [0.25, 0.3) is 0 Å². The molecule has 1 aromatic rings. The van der Waals surface area contributed by atoms with Gasteiger partial charge in [-0.25, -0.2) is 9.18 Å². The molecule has 0 fully saturated rings. The molecule has 0 bridgehead atoms. The Morgan fingerprint density at radius 1 is 1.53 bits per heavy atom. The summed E-state index contributed by atoms with van der Waals surface area (Å²) in [5, 5.41) is 8.55. The van der Waals surface area contributed by atoms with Gasteiger partial charge >= 0.3 is 5.97 Å². The van der Waals surface area contributed by atoms with Crippen LogP contribution in [0.15, 0.2) is 18.2 Å². The van der Waals surface area contributed by atoms with E-state index in [0.717, 1.165) is 12.1 Å². The van der Waals surface area contributed by atoms with Gasteiger partial charge in [-0.05, 0) is 19.1 Å². The Morgan fingerprint density at radius 3 is 2.73 bits per heavy atom. The molecule has 0 heterocycles. The van der Waals surface area contributed by atoms with Crippen LogP contribution in [0.2, 0.25) is 0 Å². The van der Waals surface area contributed by atoms with Crippen LogP contribution >= 0.6 is 0 Å². The molecule has 0 radical (unpaired) electrons. The van der Waals surface area contributed by atoms with Crippen molar-refractivity contribution in [3.63, 3.8) is 0 Å². The van der Waals surface area contributed by atoms with Gasteiger partial charge in [0, 0.05) is 11.6 Å². The fourth-order valence-corrected chi connectivity index (χ4v) is 0.975. The zero-order valence-electron chi connectivity index (χ0n) is 7.94. The third-order valence-corrected chi connectivity index (χ3v) is 1.69. The van der Waals surface area contributed by atoms with Gasteiger partial charge in [0.05, 0.1) is 0 Å². The van der Waals surface area contributed by atoms with Crippen molar-refractivity contribution >= 4 is 12.3 Å². The Morgan fingerprint density at radius 2 is 2.20 bits per heavy atom. The van der Waals surface area contributed by atoms with Crippen LogP contribution in [0.25, 0.3) is 0 Å². The van der Waals surface area contributed by atoms with E-state index in [1.807, 2.05) is 0 Å². The second-order valence-corrected chi connectivity index (χ2v) is 2.94. The first-order chi connectivity index (χ1) is 7.02. The molecule has 1 atom stereocenters. The highest BCUT2D eigenvalue weighted by molar-refractivity contribution is 5.76. The Hall–Kier alpha value is -1.91. The number of benzene rings is 1. The average Bonchev–Trinajstić information content (AvgIpc) is 2.16. The summed E-state index contributed by atoms with van der Waals surface area (Å²) in [7, 11) is 0. The minimum absolute atomic E-state index is 0.0204. The third-order valence-electron chi connectivity index (χ3n) is 1.69. The minimum atomic E-state index is -1.16. The van der Waals surface area contributed by atoms with E-state index >= 15 is 0 Å². The predicted octanol–water partition coefficient (Wildman–Crippen LogP) is 1.49. The highest BCUT2D eigenvalue weighted by Crippen LogP contribution is 2.16. The second-order valence-electron chi connectivity index (χ2n) is 2.94. The number of rotatable bonds is 4. The largest absolute Gasteiger partial charge is 0.479 e. The van der Waals surface area contributed by atoms with Gasteiger partial charge in [-0.15, -0.1) is 0 Å². The van der Waals surface area contributed by atoms with Gasteiger partial charge in [0.1, 0.15) is 17.9 Å². The molecule has 0 unspecified atom stereocenters. The van der Waals surface area contributed by atoms with E-state index in [2.05, 4.69) is 0 Å². The predicted molar refractivity (Wildman–Crippen MR) is 49.5 cm³/mol. The van der Waals surface area contributed by atoms with Gasteiger partial charge in [0.2, 0.25) is 0 Å². The summed E-state index contributed by atoms with van der Waals surface area (Å²) in [5.74, 6) is -1.79. The molecule has 1 N–H and O–H groups in total. The maximum absolute atomic E-state index is 12.9. The minimum Gasteiger partial charge on any atom is -0.479 e. The standard InChI is InChI=1S/C10H9FO4/c1-6(10(13)14)15-9-3-7(5-12)2-8(11)4-9/h2-6H,1H3,(H,13,14)/t6-/m0/s1. The Labute approximate surface area is 85.3 Å². The van der Waals surface area contributed by atoms with Crippen LogP contribution in [0.3, 0.4) is 0 Å². The lowest BCUT2D eigenvalue weighted by atomic mass is 10.2. The summed E-state index contributed by atoms with van der Waals surface area (Å²) in [6.45, 7) is 1.31. The van der Waals surface area contributed by atoms with Crippen molar-refractivity contribution in [1.29, 1.82) is 0 Å². The van der Waals surface area contributed by atoms with Crippen molar-refractivity contribution in [2.45, 2.75) is 13.0 Å². The number of carbonyl (C=O) groups is 2. The molecule has 0 saturated carbocycles. The van der Waals surface area contributed by atoms with Gasteiger partial charge in [-0.1, -0.05) is 0 Å². The summed E-state index contributed by atoms with van der Waals surface area (Å²) in [5.41, 5.74) is 0.0996. The summed E-state index contributed by atoms with van der Waals surface area (Å²) in [6.07, 6.45) is -0.632. The lowest BCUT2D eigenvalue weighted by Crippen LogP contribution is -2.22. The van der Waals surface area contributed by atoms with Crippen LogP contribution in [0, 0.1) is 5.82 Å². The van der Waals surface area contributed by atoms with Crippen LogP contribution in [0.4, 0.5) is 4.39 Å². The van der Waals surface area contributed by atoms with E-state index in [-0.39, 0.29) is 11.3 Å². The zero-order valence-corrected chi connectivity index (χ0v) is 7.94. The van der Waals surface area contributed by atoms with Crippen molar-refractivity contribution < 1.29 is 23.8 Å². The fourth-order valence-electron chi connectivity index (χ4n) is 0.975. The normalized spacial score (nSPS) is 11.9.